The van der Waals surface area contributed by atoms with Crippen LogP contribution in [-0.2, 0) is 5.54 Å². The molecule has 0 spiro atoms. The summed E-state index contributed by atoms with van der Waals surface area (Å²) in [5.74, 6) is 1.77. The number of likely N-dealkylation sites (tertiary alicyclic amines) is 1. The third kappa shape index (κ3) is 3.53. The van der Waals surface area contributed by atoms with Gasteiger partial charge in [-0.15, -0.1) is 0 Å². The first-order chi connectivity index (χ1) is 16.7. The molecule has 2 unspecified atom stereocenters. The van der Waals surface area contributed by atoms with Gasteiger partial charge >= 0.3 is 0 Å². The molecule has 2 bridgehead atoms. The molecule has 1 aromatic carbocycles. The Morgan fingerprint density at radius 2 is 1.97 bits per heavy atom. The lowest BCUT2D eigenvalue weighted by atomic mass is 9.49. The van der Waals surface area contributed by atoms with Crippen molar-refractivity contribution in [1.29, 1.82) is 5.26 Å². The SMILES string of the molecule is Cc1c(C#N)cccc1[C@H](C)N(I)C(=O)c1cn(C23CC(C2)C3)c(=O)cc1NC1C2CN(C)CC21. The van der Waals surface area contributed by atoms with E-state index in [1.807, 2.05) is 36.7 Å². The van der Waals surface area contributed by atoms with Crippen molar-refractivity contribution in [3.05, 3.63) is 63.1 Å². The maximum Gasteiger partial charge on any atom is 0.266 e. The Hall–Kier alpha value is -2.38. The zero-order valence-corrected chi connectivity index (χ0v) is 22.4. The topological polar surface area (TPSA) is 81.4 Å². The van der Waals surface area contributed by atoms with Crippen LogP contribution in [0.5, 0.6) is 0 Å². The van der Waals surface area contributed by atoms with Crippen LogP contribution in [-0.4, -0.2) is 44.7 Å². The first-order valence-corrected chi connectivity index (χ1v) is 13.4. The molecule has 2 aromatic rings. The summed E-state index contributed by atoms with van der Waals surface area (Å²) in [6, 6.07) is 9.63. The number of halogens is 1. The van der Waals surface area contributed by atoms with Gasteiger partial charge in [0.1, 0.15) is 0 Å². The summed E-state index contributed by atoms with van der Waals surface area (Å²) in [5, 5.41) is 13.0. The zero-order chi connectivity index (χ0) is 24.6. The van der Waals surface area contributed by atoms with Crippen molar-refractivity contribution in [2.24, 2.45) is 17.8 Å². The van der Waals surface area contributed by atoms with Gasteiger partial charge in [0.25, 0.3) is 11.5 Å². The van der Waals surface area contributed by atoms with Gasteiger partial charge < -0.3 is 14.8 Å². The van der Waals surface area contributed by atoms with E-state index in [1.165, 1.54) is 0 Å². The second-order valence-corrected chi connectivity index (χ2v) is 12.2. The van der Waals surface area contributed by atoms with Crippen LogP contribution in [0.2, 0.25) is 0 Å². The van der Waals surface area contributed by atoms with Gasteiger partial charge in [-0.25, -0.2) is 0 Å². The van der Waals surface area contributed by atoms with Gasteiger partial charge in [0.15, 0.2) is 0 Å². The molecule has 4 aliphatic carbocycles. The highest BCUT2D eigenvalue weighted by atomic mass is 127. The lowest BCUT2D eigenvalue weighted by molar-refractivity contribution is -0.0914. The molecule has 5 aliphatic rings. The summed E-state index contributed by atoms with van der Waals surface area (Å²) in [5.41, 5.74) is 3.57. The van der Waals surface area contributed by atoms with Crippen molar-refractivity contribution in [2.75, 3.05) is 25.5 Å². The summed E-state index contributed by atoms with van der Waals surface area (Å²) in [6.45, 7) is 6.02. The highest BCUT2D eigenvalue weighted by molar-refractivity contribution is 14.1. The molecule has 1 amide bonds. The van der Waals surface area contributed by atoms with Gasteiger partial charge in [0.05, 0.1) is 51.8 Å². The normalized spacial score (nSPS) is 30.9. The van der Waals surface area contributed by atoms with Crippen molar-refractivity contribution in [3.63, 3.8) is 0 Å². The third-order valence-corrected chi connectivity index (χ3v) is 10.3. The average Bonchev–Trinajstić information content (AvgIpc) is 3.21. The van der Waals surface area contributed by atoms with Crippen LogP contribution in [0.4, 0.5) is 5.69 Å². The molecule has 5 fully saturated rings. The fourth-order valence-corrected chi connectivity index (χ4v) is 7.25. The quantitative estimate of drug-likeness (QED) is 0.410. The number of anilines is 1. The molecule has 182 valence electrons. The number of nitriles is 1. The molecular formula is C27H30IN5O2. The first kappa shape index (κ1) is 23.0. The summed E-state index contributed by atoms with van der Waals surface area (Å²) in [4.78, 5) is 29.5. The van der Waals surface area contributed by atoms with Crippen LogP contribution in [0.3, 0.4) is 0 Å². The van der Waals surface area contributed by atoms with E-state index >= 15 is 0 Å². The number of carbonyl (C=O) groups is 1. The summed E-state index contributed by atoms with van der Waals surface area (Å²) in [6.07, 6.45) is 4.94. The number of hydrogen-bond acceptors (Lipinski definition) is 5. The van der Waals surface area contributed by atoms with Crippen molar-refractivity contribution in [1.82, 2.24) is 12.6 Å². The number of piperidine rings is 1. The molecule has 7 rings (SSSR count). The van der Waals surface area contributed by atoms with E-state index < -0.39 is 0 Å². The highest BCUT2D eigenvalue weighted by Gasteiger charge is 2.59. The predicted molar refractivity (Wildman–Crippen MR) is 142 cm³/mol. The average molecular weight is 583 g/mol. The lowest BCUT2D eigenvalue weighted by Gasteiger charge is -2.62. The fourth-order valence-electron chi connectivity index (χ4n) is 6.69. The van der Waals surface area contributed by atoms with E-state index in [1.54, 1.807) is 15.2 Å². The number of amides is 1. The van der Waals surface area contributed by atoms with Crippen LogP contribution in [0, 0.1) is 36.0 Å². The molecule has 8 heteroatoms. The Bertz CT molecular complexity index is 1300. The fraction of sp³-hybridized carbons (Fsp3) is 0.519. The number of carbonyl (C=O) groups excluding carboxylic acids is 1. The van der Waals surface area contributed by atoms with E-state index in [-0.39, 0.29) is 23.0 Å². The predicted octanol–water partition coefficient (Wildman–Crippen LogP) is 4.06. The number of pyridine rings is 1. The number of fused-ring (bicyclic) bond motifs is 1. The van der Waals surface area contributed by atoms with Gasteiger partial charge in [-0.2, -0.15) is 5.26 Å². The van der Waals surface area contributed by atoms with Crippen LogP contribution < -0.4 is 10.9 Å². The molecule has 1 aliphatic heterocycles. The lowest BCUT2D eigenvalue weighted by Crippen LogP contribution is -2.62. The molecule has 3 atom stereocenters. The minimum absolute atomic E-state index is 0.0178. The molecule has 1 aromatic heterocycles. The molecule has 2 heterocycles. The minimum Gasteiger partial charge on any atom is -0.381 e. The number of aromatic nitrogens is 1. The molecule has 0 radical (unpaired) electrons. The number of benzene rings is 1. The van der Waals surface area contributed by atoms with Crippen LogP contribution >= 0.6 is 22.9 Å². The van der Waals surface area contributed by atoms with Crippen LogP contribution in [0.15, 0.2) is 35.3 Å². The maximum atomic E-state index is 13.9. The monoisotopic (exact) mass is 583 g/mol. The summed E-state index contributed by atoms with van der Waals surface area (Å²) >= 11 is 2.09. The molecule has 35 heavy (non-hydrogen) atoms. The second-order valence-electron chi connectivity index (χ2n) is 11.2. The number of nitrogens with zero attached hydrogens (tertiary/aromatic N) is 4. The molecule has 7 nitrogen and oxygen atoms in total. The summed E-state index contributed by atoms with van der Waals surface area (Å²) in [7, 11) is 2.14. The Morgan fingerprint density at radius 1 is 1.29 bits per heavy atom. The van der Waals surface area contributed by atoms with Crippen molar-refractivity contribution >= 4 is 34.5 Å². The van der Waals surface area contributed by atoms with E-state index in [4.69, 9.17) is 0 Å². The minimum atomic E-state index is -0.228. The van der Waals surface area contributed by atoms with E-state index in [2.05, 4.69) is 46.2 Å². The Labute approximate surface area is 219 Å². The Balaban J connectivity index is 1.33. The van der Waals surface area contributed by atoms with Crippen LogP contribution in [0.25, 0.3) is 0 Å². The molecule has 1 saturated heterocycles. The highest BCUT2D eigenvalue weighted by Crippen LogP contribution is 2.61. The summed E-state index contributed by atoms with van der Waals surface area (Å²) < 4.78 is 3.55. The smallest absolute Gasteiger partial charge is 0.266 e. The van der Waals surface area contributed by atoms with Gasteiger partial charge in [-0.3, -0.25) is 12.7 Å². The Kier molecular flexibility index (Phi) is 5.31. The number of rotatable bonds is 6. The van der Waals surface area contributed by atoms with Gasteiger partial charge in [-0.05, 0) is 75.1 Å². The van der Waals surface area contributed by atoms with Crippen molar-refractivity contribution in [3.8, 4) is 6.07 Å². The second kappa shape index (κ2) is 8.07. The number of nitrogens with one attached hydrogen (secondary N) is 1. The standard InChI is InChI=1S/C27H30IN5O2/c1-15-18(11-29)5-4-6-19(15)16(2)33(28)26(35)22-14-32(27-8-17(9-27)10-27)24(34)7-23(22)30-25-20-12-31(3)13-21(20)25/h4-7,14,16-17,20-21,25,30H,8-10,12-13H2,1-3H3/t16-,17?,20?,21?,25?,27?/m0/s1. The molecule has 4 saturated carbocycles. The first-order valence-electron chi connectivity index (χ1n) is 12.4. The van der Waals surface area contributed by atoms with Gasteiger partial charge in [-0.1, -0.05) is 12.1 Å². The van der Waals surface area contributed by atoms with Crippen molar-refractivity contribution < 1.29 is 4.79 Å². The van der Waals surface area contributed by atoms with Crippen LogP contribution in [0.1, 0.15) is 59.3 Å². The van der Waals surface area contributed by atoms with E-state index in [9.17, 15) is 14.9 Å². The van der Waals surface area contributed by atoms with Crippen molar-refractivity contribution in [2.45, 2.75) is 50.7 Å². The third-order valence-electron chi connectivity index (χ3n) is 8.98. The van der Waals surface area contributed by atoms with Gasteiger partial charge in [0.2, 0.25) is 0 Å². The maximum absolute atomic E-state index is 13.9. The van der Waals surface area contributed by atoms with E-state index in [0.717, 1.165) is 49.4 Å². The number of hydrogen-bond donors (Lipinski definition) is 1. The van der Waals surface area contributed by atoms with E-state index in [0.29, 0.717) is 34.7 Å². The van der Waals surface area contributed by atoms with Gasteiger partial charge in [0, 0.05) is 36.9 Å². The largest absolute Gasteiger partial charge is 0.381 e. The Morgan fingerprint density at radius 3 is 2.57 bits per heavy atom. The zero-order valence-electron chi connectivity index (χ0n) is 20.3. The molecular weight excluding hydrogens is 553 g/mol. The molecule has 1 N–H and O–H groups in total.